The maximum absolute atomic E-state index is 6.33. The lowest BCUT2D eigenvalue weighted by Gasteiger charge is -2.46. The van der Waals surface area contributed by atoms with Gasteiger partial charge in [0, 0.05) is 30.1 Å². The first-order valence-electron chi connectivity index (χ1n) is 9.84. The first-order chi connectivity index (χ1) is 12.3. The van der Waals surface area contributed by atoms with Crippen molar-refractivity contribution in [3.63, 3.8) is 0 Å². The van der Waals surface area contributed by atoms with E-state index in [-0.39, 0.29) is 11.0 Å². The number of pyridine rings is 1. The van der Waals surface area contributed by atoms with Gasteiger partial charge in [-0.25, -0.2) is 0 Å². The van der Waals surface area contributed by atoms with E-state index >= 15 is 0 Å². The van der Waals surface area contributed by atoms with E-state index in [9.17, 15) is 0 Å². The van der Waals surface area contributed by atoms with Crippen LogP contribution in [0.25, 0.3) is 0 Å². The molecule has 1 aliphatic carbocycles. The molecule has 0 amide bonds. The molecule has 4 heteroatoms. The highest BCUT2D eigenvalue weighted by Crippen LogP contribution is 2.50. The van der Waals surface area contributed by atoms with Crippen LogP contribution in [0.5, 0.6) is 0 Å². The number of nitrogens with one attached hydrogen (secondary N) is 1. The number of hydrogen-bond acceptors (Lipinski definition) is 3. The largest absolute Gasteiger partial charge is 0.375 e. The van der Waals surface area contributed by atoms with Gasteiger partial charge in [-0.15, -0.1) is 0 Å². The van der Waals surface area contributed by atoms with Crippen LogP contribution < -0.4 is 0 Å². The highest BCUT2D eigenvalue weighted by atomic mass is 16.5. The van der Waals surface area contributed by atoms with E-state index in [0.717, 1.165) is 25.9 Å². The van der Waals surface area contributed by atoms with Gasteiger partial charge in [-0.05, 0) is 62.6 Å². The van der Waals surface area contributed by atoms with E-state index in [1.54, 1.807) is 0 Å². The summed E-state index contributed by atoms with van der Waals surface area (Å²) in [5.74, 6) is 0. The monoisotopic (exact) mass is 339 g/mol. The summed E-state index contributed by atoms with van der Waals surface area (Å²) in [4.78, 5) is 4.79. The molecule has 134 valence electrons. The standard InChI is InChI=1S/C21H29N3O/c1(7-18-15-23-24-16-18)3-9-20(19-8-2-6-13-22-19)12-14-25-21(17-20)10-4-5-11-21/h2,6,8,13,15-16H,1,3-5,7,9-12,14,17H2,(H,23,24)/t20-/m1/s1. The summed E-state index contributed by atoms with van der Waals surface area (Å²) in [5, 5.41) is 6.96. The molecule has 1 aliphatic heterocycles. The van der Waals surface area contributed by atoms with Crippen LogP contribution in [0.3, 0.4) is 0 Å². The molecule has 2 fully saturated rings. The maximum Gasteiger partial charge on any atom is 0.0691 e. The molecule has 0 aromatic carbocycles. The van der Waals surface area contributed by atoms with E-state index in [1.165, 1.54) is 56.2 Å². The zero-order valence-corrected chi connectivity index (χ0v) is 15.0. The van der Waals surface area contributed by atoms with Crippen molar-refractivity contribution < 1.29 is 4.74 Å². The average Bonchev–Trinajstić information content (AvgIpc) is 3.32. The molecule has 2 aromatic heterocycles. The molecule has 0 bridgehead atoms. The fourth-order valence-electron chi connectivity index (χ4n) is 5.00. The number of rotatable bonds is 6. The molecular weight excluding hydrogens is 310 g/mol. The van der Waals surface area contributed by atoms with Crippen LogP contribution in [0.4, 0.5) is 0 Å². The van der Waals surface area contributed by atoms with Crippen molar-refractivity contribution in [2.75, 3.05) is 6.61 Å². The fraction of sp³-hybridized carbons (Fsp3) is 0.619. The second-order valence-corrected chi connectivity index (χ2v) is 7.97. The van der Waals surface area contributed by atoms with Crippen LogP contribution in [0.2, 0.25) is 0 Å². The maximum atomic E-state index is 6.33. The van der Waals surface area contributed by atoms with Gasteiger partial charge in [0.2, 0.25) is 0 Å². The minimum Gasteiger partial charge on any atom is -0.375 e. The van der Waals surface area contributed by atoms with Crippen LogP contribution in [-0.2, 0) is 16.6 Å². The molecule has 1 spiro atoms. The molecule has 0 radical (unpaired) electrons. The minimum absolute atomic E-state index is 0.125. The van der Waals surface area contributed by atoms with Crippen LogP contribution in [0, 0.1) is 0 Å². The first kappa shape index (κ1) is 16.8. The van der Waals surface area contributed by atoms with E-state index in [1.807, 2.05) is 24.7 Å². The molecule has 1 saturated carbocycles. The van der Waals surface area contributed by atoms with E-state index < -0.39 is 0 Å². The Kier molecular flexibility index (Phi) is 4.89. The third-order valence-electron chi connectivity index (χ3n) is 6.30. The van der Waals surface area contributed by atoms with Crippen LogP contribution in [0.15, 0.2) is 36.8 Å². The van der Waals surface area contributed by atoms with Crippen LogP contribution >= 0.6 is 0 Å². The summed E-state index contributed by atoms with van der Waals surface area (Å²) >= 11 is 0. The van der Waals surface area contributed by atoms with Gasteiger partial charge in [0.15, 0.2) is 0 Å². The molecule has 2 aromatic rings. The van der Waals surface area contributed by atoms with E-state index in [4.69, 9.17) is 9.72 Å². The Hall–Kier alpha value is -1.68. The van der Waals surface area contributed by atoms with Crippen molar-refractivity contribution in [3.8, 4) is 0 Å². The van der Waals surface area contributed by atoms with E-state index in [2.05, 4.69) is 22.3 Å². The van der Waals surface area contributed by atoms with Gasteiger partial charge in [0.25, 0.3) is 0 Å². The molecule has 0 unspecified atom stereocenters. The molecule has 25 heavy (non-hydrogen) atoms. The molecular formula is C21H29N3O. The molecule has 3 heterocycles. The number of aromatic nitrogens is 3. The lowest BCUT2D eigenvalue weighted by molar-refractivity contribution is -0.104. The van der Waals surface area contributed by atoms with Gasteiger partial charge in [0.1, 0.15) is 0 Å². The molecule has 1 N–H and O–H groups in total. The van der Waals surface area contributed by atoms with Crippen molar-refractivity contribution in [1.82, 2.24) is 15.2 Å². The fourth-order valence-corrected chi connectivity index (χ4v) is 5.00. The minimum atomic E-state index is 0.125. The predicted octanol–water partition coefficient (Wildman–Crippen LogP) is 4.58. The number of H-pyrrole nitrogens is 1. The quantitative estimate of drug-likeness (QED) is 0.784. The second-order valence-electron chi connectivity index (χ2n) is 7.97. The Morgan fingerprint density at radius 3 is 2.80 bits per heavy atom. The molecule has 1 saturated heterocycles. The van der Waals surface area contributed by atoms with Crippen molar-refractivity contribution in [2.45, 2.75) is 75.2 Å². The number of aromatic amines is 1. The highest BCUT2D eigenvalue weighted by Gasteiger charge is 2.48. The lowest BCUT2D eigenvalue weighted by atomic mass is 9.67. The van der Waals surface area contributed by atoms with Crippen molar-refractivity contribution in [1.29, 1.82) is 0 Å². The number of aryl methyl sites for hydroxylation is 1. The Morgan fingerprint density at radius 1 is 1.12 bits per heavy atom. The van der Waals surface area contributed by atoms with Gasteiger partial charge in [0.05, 0.1) is 11.8 Å². The van der Waals surface area contributed by atoms with Crippen molar-refractivity contribution in [2.24, 2.45) is 0 Å². The third kappa shape index (κ3) is 3.64. The zero-order chi connectivity index (χ0) is 17.0. The second kappa shape index (κ2) is 7.28. The Bertz CT molecular complexity index is 649. The summed E-state index contributed by atoms with van der Waals surface area (Å²) in [6.45, 7) is 0.887. The zero-order valence-electron chi connectivity index (χ0n) is 15.0. The van der Waals surface area contributed by atoms with Crippen LogP contribution in [-0.4, -0.2) is 27.4 Å². The Balaban J connectivity index is 1.48. The summed E-state index contributed by atoms with van der Waals surface area (Å²) in [6, 6.07) is 6.41. The first-order valence-corrected chi connectivity index (χ1v) is 9.84. The number of unbranched alkanes of at least 4 members (excludes halogenated alkanes) is 1. The number of hydrogen-bond donors (Lipinski definition) is 1. The van der Waals surface area contributed by atoms with E-state index in [0.29, 0.717) is 0 Å². The molecule has 1 atom stereocenters. The lowest BCUT2D eigenvalue weighted by Crippen LogP contribution is -2.46. The Morgan fingerprint density at radius 2 is 2.04 bits per heavy atom. The summed E-state index contributed by atoms with van der Waals surface area (Å²) in [6.07, 6.45) is 18.0. The topological polar surface area (TPSA) is 50.8 Å². The van der Waals surface area contributed by atoms with Crippen molar-refractivity contribution in [3.05, 3.63) is 48.0 Å². The molecule has 4 nitrogen and oxygen atoms in total. The molecule has 4 rings (SSSR count). The third-order valence-corrected chi connectivity index (χ3v) is 6.30. The summed E-state index contributed by atoms with van der Waals surface area (Å²) < 4.78 is 6.33. The highest BCUT2D eigenvalue weighted by molar-refractivity contribution is 5.20. The number of nitrogens with zero attached hydrogens (tertiary/aromatic N) is 2. The normalized spacial score (nSPS) is 25.4. The van der Waals surface area contributed by atoms with Gasteiger partial charge in [-0.1, -0.05) is 25.3 Å². The van der Waals surface area contributed by atoms with Crippen molar-refractivity contribution >= 4 is 0 Å². The average molecular weight is 339 g/mol. The van der Waals surface area contributed by atoms with Gasteiger partial charge >= 0.3 is 0 Å². The van der Waals surface area contributed by atoms with Gasteiger partial charge < -0.3 is 4.74 Å². The predicted molar refractivity (Wildman–Crippen MR) is 98.4 cm³/mol. The SMILES string of the molecule is c1ccc([C@]2(CCCCc3cn[nH]c3)CCOC3(CCCC3)C2)nc1. The smallest absolute Gasteiger partial charge is 0.0691 e. The van der Waals surface area contributed by atoms with Gasteiger partial charge in [-0.2, -0.15) is 5.10 Å². The van der Waals surface area contributed by atoms with Gasteiger partial charge in [-0.3, -0.25) is 10.1 Å². The number of ether oxygens (including phenoxy) is 1. The summed E-state index contributed by atoms with van der Waals surface area (Å²) in [7, 11) is 0. The molecule has 2 aliphatic rings. The summed E-state index contributed by atoms with van der Waals surface area (Å²) in [5.41, 5.74) is 2.92. The Labute approximate surface area is 150 Å². The van der Waals surface area contributed by atoms with Crippen LogP contribution in [0.1, 0.15) is 69.0 Å².